The van der Waals surface area contributed by atoms with Crippen LogP contribution in [0.2, 0.25) is 0 Å². The van der Waals surface area contributed by atoms with Crippen molar-refractivity contribution in [2.45, 2.75) is 191 Å². The Bertz CT molecular complexity index is 1560. The summed E-state index contributed by atoms with van der Waals surface area (Å²) in [5.74, 6) is -3.59. The maximum absolute atomic E-state index is 13.8. The van der Waals surface area contributed by atoms with Gasteiger partial charge < -0.3 is 77.9 Å². The predicted octanol–water partition coefficient (Wildman–Crippen LogP) is 1.83. The third kappa shape index (κ3) is 13.5. The van der Waals surface area contributed by atoms with Crippen molar-refractivity contribution in [3.8, 4) is 0 Å². The van der Waals surface area contributed by atoms with Gasteiger partial charge in [-0.05, 0) is 73.5 Å². The fraction of sp³-hybridized carbons (Fsp3) is 0.848. The molecule has 0 aromatic heterocycles. The first kappa shape index (κ1) is 54.3. The summed E-state index contributed by atoms with van der Waals surface area (Å²) in [5.41, 5.74) is -0.806. The number of aliphatic hydroxyl groups excluding tert-OH is 4. The van der Waals surface area contributed by atoms with E-state index >= 15 is 0 Å². The third-order valence-electron chi connectivity index (χ3n) is 13.4. The van der Waals surface area contributed by atoms with Crippen molar-refractivity contribution in [1.82, 2.24) is 4.90 Å². The summed E-state index contributed by atoms with van der Waals surface area (Å²) in [6.07, 6.45) is -8.49. The van der Waals surface area contributed by atoms with Gasteiger partial charge in [-0.1, -0.05) is 38.5 Å². The Labute approximate surface area is 378 Å². The molecule has 0 aromatic rings. The van der Waals surface area contributed by atoms with Crippen LogP contribution in [0, 0.1) is 23.7 Å². The number of hydrogen-bond donors (Lipinski definition) is 5. The number of allylic oxidation sites excluding steroid dienone is 3. The highest BCUT2D eigenvalue weighted by Gasteiger charge is 2.52. The second kappa shape index (κ2) is 24.1. The Morgan fingerprint density at radius 1 is 0.859 bits per heavy atom. The predicted molar refractivity (Wildman–Crippen MR) is 230 cm³/mol. The van der Waals surface area contributed by atoms with E-state index < -0.39 is 140 Å². The zero-order valence-corrected chi connectivity index (χ0v) is 39.7. The monoisotopic (exact) mass is 916 g/mol. The first-order chi connectivity index (χ1) is 30.1. The van der Waals surface area contributed by atoms with Crippen molar-refractivity contribution >= 4 is 18.0 Å². The van der Waals surface area contributed by atoms with E-state index in [2.05, 4.69) is 0 Å². The summed E-state index contributed by atoms with van der Waals surface area (Å²) in [7, 11) is 6.43. The maximum atomic E-state index is 13.8. The topological polar surface area (TPSA) is 239 Å². The number of aliphatic hydroxyl groups is 5. The molecular weight excluding hydrogens is 838 g/mol. The van der Waals surface area contributed by atoms with E-state index in [-0.39, 0.29) is 31.7 Å². The molecule has 64 heavy (non-hydrogen) atoms. The summed E-state index contributed by atoms with van der Waals surface area (Å²) < 4.78 is 54.7. The lowest BCUT2D eigenvalue weighted by Crippen LogP contribution is -2.65. The molecule has 0 aromatic carbocycles. The largest absolute Gasteiger partial charge is 0.462 e. The number of methoxy groups -OCH3 is 2. The number of esters is 1. The minimum absolute atomic E-state index is 0.00788. The molecule has 3 fully saturated rings. The highest BCUT2D eigenvalue weighted by Crippen LogP contribution is 2.37. The average molecular weight is 916 g/mol. The number of nitrogens with zero attached hydrogens (tertiary/aromatic N) is 1. The molecule has 0 radical (unpaired) electrons. The van der Waals surface area contributed by atoms with Crippen LogP contribution >= 0.6 is 0 Å². The van der Waals surface area contributed by atoms with Gasteiger partial charge in [0, 0.05) is 44.8 Å². The standard InChI is InChI=1S/C46H77NO17/c1-13-33-30(22-58-45-42(57-12)41(56-11)37(52)26(5)60-45)18-23(2)14-15-31(49)24(3)19-29(16-17-48)39(25(4)32(50)20-34(51)62-33)64-44-38(53)36(47(9)10)40(27(6)61-44)63-35-21-46(8,55)43(54)28(7)59-35/h14-15,17-18,24-30,32-33,35-45,50,52-55H,13,16,19-22H2,1-12H3/b15-14+,23-18+/t24-,25+,26-,27-,28+,29-,30-,32-,33-,35+,36+,37-,38-,39-,40-,41-,42+,43+,44+,45-,46+/m1/s1. The minimum Gasteiger partial charge on any atom is -0.462 e. The second-order valence-electron chi connectivity index (χ2n) is 18.7. The Morgan fingerprint density at radius 2 is 1.52 bits per heavy atom. The van der Waals surface area contributed by atoms with Crippen LogP contribution in [0.5, 0.6) is 0 Å². The number of hydrogen-bond acceptors (Lipinski definition) is 18. The van der Waals surface area contributed by atoms with Gasteiger partial charge in [0.1, 0.15) is 49.0 Å². The summed E-state index contributed by atoms with van der Waals surface area (Å²) in [4.78, 5) is 41.5. The molecule has 4 aliphatic heterocycles. The number of cyclic esters (lactones) is 1. The van der Waals surface area contributed by atoms with Crippen molar-refractivity contribution in [3.63, 3.8) is 0 Å². The van der Waals surface area contributed by atoms with Crippen molar-refractivity contribution in [2.75, 3.05) is 34.9 Å². The van der Waals surface area contributed by atoms with E-state index in [0.29, 0.717) is 12.0 Å². The van der Waals surface area contributed by atoms with E-state index in [1.54, 1.807) is 59.7 Å². The zero-order chi connectivity index (χ0) is 47.8. The Balaban J connectivity index is 1.62. The molecule has 0 bridgehead atoms. The molecule has 4 rings (SSSR count). The summed E-state index contributed by atoms with van der Waals surface area (Å²) in [5, 5.41) is 55.8. The van der Waals surface area contributed by atoms with Crippen molar-refractivity contribution in [3.05, 3.63) is 23.8 Å². The number of rotatable bonds is 13. The number of carbonyl (C=O) groups is 3. The minimum atomic E-state index is -1.49. The van der Waals surface area contributed by atoms with Gasteiger partial charge in [-0.3, -0.25) is 9.59 Å². The summed E-state index contributed by atoms with van der Waals surface area (Å²) in [6.45, 7) is 13.6. The Morgan fingerprint density at radius 3 is 2.11 bits per heavy atom. The molecule has 0 unspecified atom stereocenters. The van der Waals surface area contributed by atoms with Crippen LogP contribution < -0.4 is 0 Å². The lowest BCUT2D eigenvalue weighted by atomic mass is 9.79. The van der Waals surface area contributed by atoms with Crippen molar-refractivity contribution in [2.24, 2.45) is 23.7 Å². The number of ether oxygens (including phenoxy) is 9. The van der Waals surface area contributed by atoms with Crippen LogP contribution in [0.4, 0.5) is 0 Å². The van der Waals surface area contributed by atoms with Gasteiger partial charge in [-0.2, -0.15) is 0 Å². The molecule has 368 valence electrons. The van der Waals surface area contributed by atoms with Crippen molar-refractivity contribution < 1.29 is 82.5 Å². The van der Waals surface area contributed by atoms with E-state index in [1.807, 2.05) is 19.9 Å². The second-order valence-corrected chi connectivity index (χ2v) is 18.7. The quantitative estimate of drug-likeness (QED) is 0.131. The maximum Gasteiger partial charge on any atom is 0.308 e. The van der Waals surface area contributed by atoms with E-state index in [9.17, 15) is 39.9 Å². The molecule has 18 heteroatoms. The van der Waals surface area contributed by atoms with Gasteiger partial charge >= 0.3 is 5.97 Å². The molecule has 0 saturated carbocycles. The lowest BCUT2D eigenvalue weighted by Gasteiger charge is -2.50. The fourth-order valence-corrected chi connectivity index (χ4v) is 9.51. The van der Waals surface area contributed by atoms with Crippen molar-refractivity contribution in [1.29, 1.82) is 0 Å². The van der Waals surface area contributed by atoms with Gasteiger partial charge in [-0.25, -0.2) is 0 Å². The molecule has 0 aliphatic carbocycles. The third-order valence-corrected chi connectivity index (χ3v) is 13.4. The molecule has 4 heterocycles. The number of likely N-dealkylation sites (N-methyl/N-ethyl adjacent to an activating group) is 1. The highest BCUT2D eigenvalue weighted by atomic mass is 16.7. The summed E-state index contributed by atoms with van der Waals surface area (Å²) in [6, 6.07) is -0.748. The molecule has 18 nitrogen and oxygen atoms in total. The number of aldehydes is 1. The van der Waals surface area contributed by atoms with Gasteiger partial charge in [-0.15, -0.1) is 0 Å². The first-order valence-electron chi connectivity index (χ1n) is 22.7. The number of ketones is 1. The molecule has 0 spiro atoms. The van der Waals surface area contributed by atoms with E-state index in [0.717, 1.165) is 6.29 Å². The molecule has 21 atom stereocenters. The van der Waals surface area contributed by atoms with Crippen LogP contribution in [0.25, 0.3) is 0 Å². The van der Waals surface area contributed by atoms with Crippen LogP contribution in [-0.2, 0) is 57.0 Å². The molecule has 5 N–H and O–H groups in total. The molecule has 4 aliphatic rings. The van der Waals surface area contributed by atoms with Crippen LogP contribution in [0.1, 0.15) is 87.5 Å². The molecular formula is C46H77NO17. The highest BCUT2D eigenvalue weighted by molar-refractivity contribution is 5.91. The van der Waals surface area contributed by atoms with E-state index in [1.165, 1.54) is 27.2 Å². The van der Waals surface area contributed by atoms with E-state index in [4.69, 9.17) is 42.6 Å². The lowest BCUT2D eigenvalue weighted by molar-refractivity contribution is -0.341. The Hall–Kier alpha value is -2.27. The average Bonchev–Trinajstić information content (AvgIpc) is 3.23. The molecule has 3 saturated heterocycles. The van der Waals surface area contributed by atoms with Crippen LogP contribution in [-0.4, -0.2) is 187 Å². The van der Waals surface area contributed by atoms with Gasteiger partial charge in [0.25, 0.3) is 0 Å². The number of carbonyl (C=O) groups excluding carboxylic acids is 3. The van der Waals surface area contributed by atoms with Crippen LogP contribution in [0.3, 0.4) is 0 Å². The summed E-state index contributed by atoms with van der Waals surface area (Å²) >= 11 is 0. The SMILES string of the molecule is CC[C@H]1OC(=O)C[C@@H](O)[C@H](C)[C@@H](O[C@@H]2O[C@H](C)[C@@H](O[C@H]3C[C@](C)(O)[C@@H](O)[C@H](C)O3)[C@@H](N(C)C)[C@H]2O)[C@H](CC=O)C[C@@H](C)C(=O)/C=C/C(C)=C/[C@@H]1CO[C@@H]1O[C@H](C)[C@@H](O)[C@@H](OC)[C@@H]1OC. The van der Waals surface area contributed by atoms with Crippen LogP contribution in [0.15, 0.2) is 23.8 Å². The smallest absolute Gasteiger partial charge is 0.308 e. The van der Waals surface area contributed by atoms with Gasteiger partial charge in [0.2, 0.25) is 0 Å². The molecule has 0 amide bonds. The fourth-order valence-electron chi connectivity index (χ4n) is 9.51. The zero-order valence-electron chi connectivity index (χ0n) is 39.7. The van der Waals surface area contributed by atoms with Gasteiger partial charge in [0.05, 0.1) is 55.2 Å². The first-order valence-corrected chi connectivity index (χ1v) is 22.7. The van der Waals surface area contributed by atoms with Gasteiger partial charge in [0.15, 0.2) is 24.7 Å². The normalized spacial score (nSPS) is 45.9. The Kier molecular flexibility index (Phi) is 20.5.